The molecule has 2 rings (SSSR count). The highest BCUT2D eigenvalue weighted by molar-refractivity contribution is 6.31. The Hall–Kier alpha value is -0.580. The Balaban J connectivity index is 2.12. The van der Waals surface area contributed by atoms with E-state index in [1.54, 1.807) is 0 Å². The van der Waals surface area contributed by atoms with Gasteiger partial charge in [0, 0.05) is 26.2 Å². The van der Waals surface area contributed by atoms with Crippen molar-refractivity contribution in [3.63, 3.8) is 0 Å². The maximum Gasteiger partial charge on any atom is 0.0860 e. The molecule has 0 amide bonds. The van der Waals surface area contributed by atoms with Crippen LogP contribution in [0.15, 0.2) is 0 Å². The average molecular weight is 271 g/mol. The van der Waals surface area contributed by atoms with Gasteiger partial charge in [0.05, 0.1) is 16.4 Å². The second kappa shape index (κ2) is 5.59. The molecule has 0 bridgehead atoms. The molecule has 18 heavy (non-hydrogen) atoms. The Bertz CT molecular complexity index is 415. The van der Waals surface area contributed by atoms with Crippen LogP contribution in [-0.4, -0.2) is 33.8 Å². The first-order chi connectivity index (χ1) is 8.52. The molecule has 0 radical (unpaired) electrons. The monoisotopic (exact) mass is 270 g/mol. The fourth-order valence-electron chi connectivity index (χ4n) is 2.80. The van der Waals surface area contributed by atoms with E-state index in [4.69, 9.17) is 17.3 Å². The van der Waals surface area contributed by atoms with E-state index < -0.39 is 0 Å². The molecule has 1 saturated heterocycles. The van der Waals surface area contributed by atoms with Gasteiger partial charge >= 0.3 is 0 Å². The van der Waals surface area contributed by atoms with Gasteiger partial charge in [0.15, 0.2) is 0 Å². The third-order valence-corrected chi connectivity index (χ3v) is 4.48. The lowest BCUT2D eigenvalue weighted by Gasteiger charge is -2.37. The molecule has 2 N–H and O–H groups in total. The Kier molecular flexibility index (Phi) is 4.30. The third kappa shape index (κ3) is 2.71. The molecule has 0 aromatic carbocycles. The van der Waals surface area contributed by atoms with Crippen LogP contribution in [0.3, 0.4) is 0 Å². The topological polar surface area (TPSA) is 47.1 Å². The number of nitrogens with zero attached hydrogens (tertiary/aromatic N) is 3. The minimum absolute atomic E-state index is 0.472. The lowest BCUT2D eigenvalue weighted by molar-refractivity contribution is 0.112. The van der Waals surface area contributed by atoms with E-state index >= 15 is 0 Å². The van der Waals surface area contributed by atoms with Crippen molar-refractivity contribution in [3.8, 4) is 0 Å². The highest BCUT2D eigenvalue weighted by Crippen LogP contribution is 2.26. The van der Waals surface area contributed by atoms with Crippen LogP contribution < -0.4 is 5.73 Å². The van der Waals surface area contributed by atoms with Gasteiger partial charge in [-0.05, 0) is 32.2 Å². The summed E-state index contributed by atoms with van der Waals surface area (Å²) in [6, 6.07) is 0.472. The predicted molar refractivity (Wildman–Crippen MR) is 74.6 cm³/mol. The van der Waals surface area contributed by atoms with Crippen molar-refractivity contribution in [2.45, 2.75) is 39.3 Å². The lowest BCUT2D eigenvalue weighted by Crippen LogP contribution is -2.45. The first-order valence-electron chi connectivity index (χ1n) is 6.65. The maximum atomic E-state index is 6.31. The number of halogens is 1. The van der Waals surface area contributed by atoms with Crippen LogP contribution in [0.4, 0.5) is 0 Å². The molecule has 102 valence electrons. The average Bonchev–Trinajstić information content (AvgIpc) is 2.58. The molecule has 1 aromatic heterocycles. The summed E-state index contributed by atoms with van der Waals surface area (Å²) in [5.74, 6) is 0.776. The van der Waals surface area contributed by atoms with Crippen LogP contribution in [0.2, 0.25) is 5.02 Å². The quantitative estimate of drug-likeness (QED) is 0.913. The maximum absolute atomic E-state index is 6.31. The summed E-state index contributed by atoms with van der Waals surface area (Å²) in [6.45, 7) is 6.93. The molecule has 0 aliphatic carbocycles. The highest BCUT2D eigenvalue weighted by Gasteiger charge is 2.26. The second-order valence-corrected chi connectivity index (χ2v) is 5.84. The minimum atomic E-state index is 0.472. The summed E-state index contributed by atoms with van der Waals surface area (Å²) < 4.78 is 1.89. The van der Waals surface area contributed by atoms with E-state index in [2.05, 4.69) is 16.9 Å². The SMILES string of the molecule is Cc1nn(C)c(CN2CCC(C)CC2CN)c1Cl. The van der Waals surface area contributed by atoms with Crippen molar-refractivity contribution < 1.29 is 0 Å². The molecule has 2 unspecified atom stereocenters. The summed E-state index contributed by atoms with van der Waals surface area (Å²) in [7, 11) is 1.96. The number of hydrogen-bond acceptors (Lipinski definition) is 3. The molecular formula is C13H23ClN4. The first-order valence-corrected chi connectivity index (χ1v) is 7.02. The molecule has 2 atom stereocenters. The van der Waals surface area contributed by atoms with E-state index in [0.717, 1.165) is 42.0 Å². The van der Waals surface area contributed by atoms with Crippen molar-refractivity contribution in [3.05, 3.63) is 16.4 Å². The van der Waals surface area contributed by atoms with Gasteiger partial charge in [-0.25, -0.2) is 0 Å². The van der Waals surface area contributed by atoms with Crippen molar-refractivity contribution in [1.82, 2.24) is 14.7 Å². The van der Waals surface area contributed by atoms with E-state index in [0.29, 0.717) is 6.04 Å². The fourth-order valence-corrected chi connectivity index (χ4v) is 3.02. The number of likely N-dealkylation sites (tertiary alicyclic amines) is 1. The van der Waals surface area contributed by atoms with E-state index in [-0.39, 0.29) is 0 Å². The van der Waals surface area contributed by atoms with Crippen molar-refractivity contribution in [2.75, 3.05) is 13.1 Å². The standard InChI is InChI=1S/C13H23ClN4/c1-9-4-5-18(11(6-9)7-15)8-12-13(14)10(2)16-17(12)3/h9,11H,4-8,15H2,1-3H3. The van der Waals surface area contributed by atoms with Crippen molar-refractivity contribution >= 4 is 11.6 Å². The highest BCUT2D eigenvalue weighted by atomic mass is 35.5. The molecule has 1 aromatic rings. The van der Waals surface area contributed by atoms with Crippen LogP contribution in [-0.2, 0) is 13.6 Å². The number of rotatable bonds is 3. The normalized spacial score (nSPS) is 25.6. The summed E-state index contributed by atoms with van der Waals surface area (Å²) in [5.41, 5.74) is 7.90. The number of hydrogen-bond donors (Lipinski definition) is 1. The molecule has 5 heteroatoms. The van der Waals surface area contributed by atoms with Crippen LogP contribution >= 0.6 is 11.6 Å². The zero-order chi connectivity index (χ0) is 13.3. The first kappa shape index (κ1) is 13.8. The van der Waals surface area contributed by atoms with E-state index in [1.807, 2.05) is 18.7 Å². The zero-order valence-electron chi connectivity index (χ0n) is 11.5. The van der Waals surface area contributed by atoms with Gasteiger partial charge in [0.25, 0.3) is 0 Å². The fraction of sp³-hybridized carbons (Fsp3) is 0.769. The van der Waals surface area contributed by atoms with Crippen molar-refractivity contribution in [2.24, 2.45) is 18.7 Å². The van der Waals surface area contributed by atoms with E-state index in [1.165, 1.54) is 12.8 Å². The minimum Gasteiger partial charge on any atom is -0.329 e. The molecular weight excluding hydrogens is 248 g/mol. The molecule has 1 aliphatic heterocycles. The summed E-state index contributed by atoms with van der Waals surface area (Å²) >= 11 is 6.31. The molecule has 2 heterocycles. The third-order valence-electron chi connectivity index (χ3n) is 3.99. The molecule has 4 nitrogen and oxygen atoms in total. The number of nitrogens with two attached hydrogens (primary N) is 1. The number of aryl methyl sites for hydroxylation is 2. The second-order valence-electron chi connectivity index (χ2n) is 5.46. The van der Waals surface area contributed by atoms with Crippen LogP contribution in [0.1, 0.15) is 31.2 Å². The van der Waals surface area contributed by atoms with Gasteiger partial charge in [-0.1, -0.05) is 18.5 Å². The van der Waals surface area contributed by atoms with Gasteiger partial charge in [0.2, 0.25) is 0 Å². The largest absolute Gasteiger partial charge is 0.329 e. The van der Waals surface area contributed by atoms with Gasteiger partial charge in [0.1, 0.15) is 0 Å². The Morgan fingerprint density at radius 3 is 2.78 bits per heavy atom. The van der Waals surface area contributed by atoms with Gasteiger partial charge < -0.3 is 5.73 Å². The summed E-state index contributed by atoms with van der Waals surface area (Å²) in [4.78, 5) is 2.45. The van der Waals surface area contributed by atoms with E-state index in [9.17, 15) is 0 Å². The predicted octanol–water partition coefficient (Wildman–Crippen LogP) is 1.94. The Morgan fingerprint density at radius 1 is 1.50 bits per heavy atom. The van der Waals surface area contributed by atoms with Gasteiger partial charge in [-0.15, -0.1) is 0 Å². The number of aromatic nitrogens is 2. The summed E-state index contributed by atoms with van der Waals surface area (Å²) in [6.07, 6.45) is 2.43. The van der Waals surface area contributed by atoms with Crippen molar-refractivity contribution in [1.29, 1.82) is 0 Å². The molecule has 1 fully saturated rings. The molecule has 0 saturated carbocycles. The van der Waals surface area contributed by atoms with Crippen LogP contribution in [0.5, 0.6) is 0 Å². The zero-order valence-corrected chi connectivity index (χ0v) is 12.2. The molecule has 0 spiro atoms. The van der Waals surface area contributed by atoms with Gasteiger partial charge in [-0.3, -0.25) is 9.58 Å². The van der Waals surface area contributed by atoms with Gasteiger partial charge in [-0.2, -0.15) is 5.10 Å². The van der Waals surface area contributed by atoms with Crippen LogP contribution in [0.25, 0.3) is 0 Å². The Labute approximate surface area is 114 Å². The number of piperidine rings is 1. The lowest BCUT2D eigenvalue weighted by atomic mass is 9.92. The Morgan fingerprint density at radius 2 is 2.22 bits per heavy atom. The smallest absolute Gasteiger partial charge is 0.0860 e. The summed E-state index contributed by atoms with van der Waals surface area (Å²) in [5, 5.41) is 5.17. The van der Waals surface area contributed by atoms with Crippen LogP contribution in [0, 0.1) is 12.8 Å². The molecule has 1 aliphatic rings.